The minimum atomic E-state index is -0.145. The molecular formula is C14H19N3O. The van der Waals surface area contributed by atoms with E-state index in [1.165, 1.54) is 11.1 Å². The number of hydrogen-bond acceptors (Lipinski definition) is 4. The van der Waals surface area contributed by atoms with Gasteiger partial charge >= 0.3 is 0 Å². The van der Waals surface area contributed by atoms with Crippen molar-refractivity contribution >= 4 is 0 Å². The summed E-state index contributed by atoms with van der Waals surface area (Å²) in [5.74, 6) is 1.24. The number of nitrogens with two attached hydrogens (primary N) is 1. The molecule has 2 rings (SSSR count). The third-order valence-corrected chi connectivity index (χ3v) is 2.85. The zero-order chi connectivity index (χ0) is 13.0. The normalized spacial score (nSPS) is 12.6. The van der Waals surface area contributed by atoms with E-state index in [9.17, 15) is 0 Å². The van der Waals surface area contributed by atoms with Crippen molar-refractivity contribution in [2.45, 2.75) is 39.2 Å². The van der Waals surface area contributed by atoms with Gasteiger partial charge in [-0.1, -0.05) is 48.3 Å². The molecule has 2 N–H and O–H groups in total. The molecule has 0 aliphatic heterocycles. The predicted octanol–water partition coefficient (Wildman–Crippen LogP) is 2.77. The lowest BCUT2D eigenvalue weighted by molar-refractivity contribution is 0.345. The summed E-state index contributed by atoms with van der Waals surface area (Å²) in [4.78, 5) is 4.35. The van der Waals surface area contributed by atoms with E-state index in [0.717, 1.165) is 12.8 Å². The third kappa shape index (κ3) is 3.17. The highest BCUT2D eigenvalue weighted by atomic mass is 16.5. The Kier molecular flexibility index (Phi) is 4.10. The van der Waals surface area contributed by atoms with Crippen LogP contribution in [0, 0.1) is 6.92 Å². The zero-order valence-corrected chi connectivity index (χ0v) is 10.9. The molecule has 0 aliphatic rings. The van der Waals surface area contributed by atoms with Crippen LogP contribution in [-0.4, -0.2) is 10.1 Å². The van der Waals surface area contributed by atoms with E-state index >= 15 is 0 Å². The van der Waals surface area contributed by atoms with Gasteiger partial charge in [0.05, 0.1) is 6.04 Å². The highest BCUT2D eigenvalue weighted by molar-refractivity contribution is 5.24. The van der Waals surface area contributed by atoms with Crippen LogP contribution in [-0.2, 0) is 6.42 Å². The quantitative estimate of drug-likeness (QED) is 0.879. The fourth-order valence-corrected chi connectivity index (χ4v) is 1.93. The Morgan fingerprint density at radius 1 is 1.39 bits per heavy atom. The fourth-order valence-electron chi connectivity index (χ4n) is 1.93. The molecule has 0 fully saturated rings. The van der Waals surface area contributed by atoms with E-state index in [-0.39, 0.29) is 6.04 Å². The van der Waals surface area contributed by atoms with Crippen molar-refractivity contribution < 1.29 is 4.52 Å². The van der Waals surface area contributed by atoms with Gasteiger partial charge in [0.1, 0.15) is 0 Å². The lowest BCUT2D eigenvalue weighted by atomic mass is 10.1. The van der Waals surface area contributed by atoms with Crippen molar-refractivity contribution in [1.29, 1.82) is 0 Å². The molecule has 18 heavy (non-hydrogen) atoms. The molecule has 96 valence electrons. The zero-order valence-electron chi connectivity index (χ0n) is 10.9. The van der Waals surface area contributed by atoms with Gasteiger partial charge in [-0.05, 0) is 18.9 Å². The van der Waals surface area contributed by atoms with Gasteiger partial charge in [-0.2, -0.15) is 4.98 Å². The number of benzene rings is 1. The van der Waals surface area contributed by atoms with Gasteiger partial charge in [-0.3, -0.25) is 0 Å². The van der Waals surface area contributed by atoms with Crippen molar-refractivity contribution in [3.63, 3.8) is 0 Å². The summed E-state index contributed by atoms with van der Waals surface area (Å²) in [7, 11) is 0. The topological polar surface area (TPSA) is 64.9 Å². The number of aromatic nitrogens is 2. The maximum absolute atomic E-state index is 5.94. The van der Waals surface area contributed by atoms with E-state index in [0.29, 0.717) is 18.1 Å². The lowest BCUT2D eigenvalue weighted by Gasteiger charge is -2.02. The van der Waals surface area contributed by atoms with Gasteiger partial charge in [0.25, 0.3) is 0 Å². The first-order chi connectivity index (χ1) is 8.69. The van der Waals surface area contributed by atoms with Gasteiger partial charge in [-0.15, -0.1) is 0 Å². The van der Waals surface area contributed by atoms with Crippen LogP contribution in [0.15, 0.2) is 28.8 Å². The molecule has 0 saturated carbocycles. The molecular weight excluding hydrogens is 226 g/mol. The molecule has 1 atom stereocenters. The van der Waals surface area contributed by atoms with Gasteiger partial charge in [-0.25, -0.2) is 0 Å². The third-order valence-electron chi connectivity index (χ3n) is 2.85. The van der Waals surface area contributed by atoms with E-state index in [2.05, 4.69) is 42.2 Å². The largest absolute Gasteiger partial charge is 0.338 e. The number of aryl methyl sites for hydroxylation is 1. The van der Waals surface area contributed by atoms with Crippen molar-refractivity contribution in [3.05, 3.63) is 47.1 Å². The standard InChI is InChI=1S/C14H19N3O/c1-3-5-12(15)14-16-13(17-18-14)9-11-7-4-6-10(2)8-11/h4,6-8,12H,3,5,9,15H2,1-2H3. The maximum Gasteiger partial charge on any atom is 0.243 e. The van der Waals surface area contributed by atoms with E-state index < -0.39 is 0 Å². The Balaban J connectivity index is 2.06. The molecule has 0 saturated heterocycles. The Labute approximate surface area is 107 Å². The molecule has 4 heteroatoms. The molecule has 0 aliphatic carbocycles. The first kappa shape index (κ1) is 12.8. The smallest absolute Gasteiger partial charge is 0.243 e. The summed E-state index contributed by atoms with van der Waals surface area (Å²) in [6.45, 7) is 4.16. The molecule has 0 radical (unpaired) electrons. The monoisotopic (exact) mass is 245 g/mol. The summed E-state index contributed by atoms with van der Waals surface area (Å²) in [5.41, 5.74) is 8.36. The molecule has 2 aromatic rings. The van der Waals surface area contributed by atoms with Crippen LogP contribution in [0.3, 0.4) is 0 Å². The predicted molar refractivity (Wildman–Crippen MR) is 70.1 cm³/mol. The highest BCUT2D eigenvalue weighted by Crippen LogP contribution is 2.15. The van der Waals surface area contributed by atoms with Crippen LogP contribution in [0.5, 0.6) is 0 Å². The highest BCUT2D eigenvalue weighted by Gasteiger charge is 2.13. The SMILES string of the molecule is CCCC(N)c1nc(Cc2cccc(C)c2)no1. The molecule has 0 bridgehead atoms. The molecule has 1 aromatic carbocycles. The van der Waals surface area contributed by atoms with Crippen LogP contribution in [0.1, 0.15) is 48.6 Å². The fraction of sp³-hybridized carbons (Fsp3) is 0.429. The number of rotatable bonds is 5. The maximum atomic E-state index is 5.94. The van der Waals surface area contributed by atoms with Crippen LogP contribution in [0.25, 0.3) is 0 Å². The Bertz CT molecular complexity index is 507. The number of hydrogen-bond donors (Lipinski definition) is 1. The molecule has 1 heterocycles. The van der Waals surface area contributed by atoms with Gasteiger partial charge in [0, 0.05) is 6.42 Å². The average molecular weight is 245 g/mol. The number of nitrogens with zero attached hydrogens (tertiary/aromatic N) is 2. The van der Waals surface area contributed by atoms with Gasteiger partial charge < -0.3 is 10.3 Å². The second-order valence-corrected chi connectivity index (χ2v) is 4.61. The van der Waals surface area contributed by atoms with Crippen LogP contribution in [0.2, 0.25) is 0 Å². The van der Waals surface area contributed by atoms with Crippen LogP contribution < -0.4 is 5.73 Å². The average Bonchev–Trinajstić information content (AvgIpc) is 2.78. The molecule has 1 aromatic heterocycles. The summed E-state index contributed by atoms with van der Waals surface area (Å²) in [5, 5.41) is 3.98. The van der Waals surface area contributed by atoms with Gasteiger partial charge in [0.2, 0.25) is 5.89 Å². The molecule has 1 unspecified atom stereocenters. The second kappa shape index (κ2) is 5.78. The van der Waals surface area contributed by atoms with Crippen LogP contribution >= 0.6 is 0 Å². The Hall–Kier alpha value is -1.68. The van der Waals surface area contributed by atoms with Gasteiger partial charge in [0.15, 0.2) is 5.82 Å². The van der Waals surface area contributed by atoms with E-state index in [1.807, 2.05) is 6.07 Å². The van der Waals surface area contributed by atoms with Crippen molar-refractivity contribution in [1.82, 2.24) is 10.1 Å². The van der Waals surface area contributed by atoms with Crippen molar-refractivity contribution in [2.24, 2.45) is 5.73 Å². The molecule has 0 amide bonds. The summed E-state index contributed by atoms with van der Waals surface area (Å²) in [6.07, 6.45) is 2.56. The lowest BCUT2D eigenvalue weighted by Crippen LogP contribution is -2.10. The molecule has 4 nitrogen and oxygen atoms in total. The minimum absolute atomic E-state index is 0.145. The van der Waals surface area contributed by atoms with Crippen molar-refractivity contribution in [2.75, 3.05) is 0 Å². The second-order valence-electron chi connectivity index (χ2n) is 4.61. The summed E-state index contributed by atoms with van der Waals surface area (Å²) < 4.78 is 5.20. The van der Waals surface area contributed by atoms with E-state index in [1.54, 1.807) is 0 Å². The first-order valence-corrected chi connectivity index (χ1v) is 6.32. The Morgan fingerprint density at radius 2 is 2.22 bits per heavy atom. The summed E-state index contributed by atoms with van der Waals surface area (Å²) >= 11 is 0. The van der Waals surface area contributed by atoms with E-state index in [4.69, 9.17) is 10.3 Å². The first-order valence-electron chi connectivity index (χ1n) is 6.32. The Morgan fingerprint density at radius 3 is 2.94 bits per heavy atom. The summed E-state index contributed by atoms with van der Waals surface area (Å²) in [6, 6.07) is 8.15. The molecule has 0 spiro atoms. The van der Waals surface area contributed by atoms with Crippen LogP contribution in [0.4, 0.5) is 0 Å². The van der Waals surface area contributed by atoms with Crippen molar-refractivity contribution in [3.8, 4) is 0 Å². The minimum Gasteiger partial charge on any atom is -0.338 e.